The second-order valence-corrected chi connectivity index (χ2v) is 5.85. The van der Waals surface area contributed by atoms with E-state index in [9.17, 15) is 0 Å². The molecule has 1 aliphatic heterocycles. The first-order chi connectivity index (χ1) is 9.19. The molecule has 1 unspecified atom stereocenters. The maximum absolute atomic E-state index is 5.29. The van der Waals surface area contributed by atoms with Gasteiger partial charge in [0.2, 0.25) is 0 Å². The van der Waals surface area contributed by atoms with E-state index in [0.29, 0.717) is 0 Å². The predicted molar refractivity (Wildman–Crippen MR) is 81.0 cm³/mol. The molecule has 1 saturated heterocycles. The summed E-state index contributed by atoms with van der Waals surface area (Å²) >= 11 is 0. The van der Waals surface area contributed by atoms with Gasteiger partial charge in [-0.3, -0.25) is 0 Å². The van der Waals surface area contributed by atoms with Gasteiger partial charge in [0.05, 0.1) is 7.11 Å². The number of hydrogen-bond acceptors (Lipinski definition) is 3. The van der Waals surface area contributed by atoms with Gasteiger partial charge in [0.15, 0.2) is 0 Å². The molecule has 1 atom stereocenters. The van der Waals surface area contributed by atoms with Crippen LogP contribution in [0.15, 0.2) is 24.3 Å². The van der Waals surface area contributed by atoms with Crippen molar-refractivity contribution in [2.24, 2.45) is 11.8 Å². The highest BCUT2D eigenvalue weighted by atomic mass is 16.5. The zero-order valence-corrected chi connectivity index (χ0v) is 12.4. The summed E-state index contributed by atoms with van der Waals surface area (Å²) in [5.41, 5.74) is 1.28. The largest absolute Gasteiger partial charge is 0.497 e. The molecule has 3 nitrogen and oxygen atoms in total. The molecule has 0 spiro atoms. The molecule has 0 radical (unpaired) electrons. The third kappa shape index (κ3) is 4.13. The molecule has 0 saturated carbocycles. The van der Waals surface area contributed by atoms with Crippen LogP contribution in [0.25, 0.3) is 0 Å². The van der Waals surface area contributed by atoms with E-state index in [1.807, 2.05) is 6.07 Å². The molecule has 3 heteroatoms. The second kappa shape index (κ2) is 6.80. The molecule has 1 heterocycles. The van der Waals surface area contributed by atoms with Crippen molar-refractivity contribution in [1.82, 2.24) is 5.32 Å². The molecule has 2 rings (SSSR count). The fourth-order valence-corrected chi connectivity index (χ4v) is 2.62. The summed E-state index contributed by atoms with van der Waals surface area (Å²) in [6.07, 6.45) is 1.28. The molecule has 0 aliphatic carbocycles. The van der Waals surface area contributed by atoms with Crippen LogP contribution in [0.1, 0.15) is 20.3 Å². The zero-order valence-electron chi connectivity index (χ0n) is 12.4. The van der Waals surface area contributed by atoms with Crippen molar-refractivity contribution in [3.8, 4) is 5.75 Å². The van der Waals surface area contributed by atoms with Crippen LogP contribution >= 0.6 is 0 Å². The van der Waals surface area contributed by atoms with Gasteiger partial charge in [0.25, 0.3) is 0 Å². The molecule has 0 amide bonds. The Labute approximate surface area is 116 Å². The standard InChI is InChI=1S/C16H26N2O/c1-13(2)10-17-11-14-7-8-18(12-14)15-5-4-6-16(9-15)19-3/h4-6,9,13-14,17H,7-8,10-12H2,1-3H3. The third-order valence-electron chi connectivity index (χ3n) is 3.69. The van der Waals surface area contributed by atoms with E-state index < -0.39 is 0 Å². The van der Waals surface area contributed by atoms with Crippen LogP contribution in [0.5, 0.6) is 5.75 Å². The van der Waals surface area contributed by atoms with Gasteiger partial charge in [-0.15, -0.1) is 0 Å². The number of nitrogens with zero attached hydrogens (tertiary/aromatic N) is 1. The van der Waals surface area contributed by atoms with Gasteiger partial charge < -0.3 is 15.0 Å². The number of rotatable bonds is 6. The summed E-state index contributed by atoms with van der Waals surface area (Å²) in [5.74, 6) is 2.44. The van der Waals surface area contributed by atoms with Gasteiger partial charge in [-0.2, -0.15) is 0 Å². The smallest absolute Gasteiger partial charge is 0.120 e. The average Bonchev–Trinajstić information content (AvgIpc) is 2.87. The fourth-order valence-electron chi connectivity index (χ4n) is 2.62. The number of ether oxygens (including phenoxy) is 1. The van der Waals surface area contributed by atoms with Gasteiger partial charge in [-0.1, -0.05) is 19.9 Å². The molecule has 1 fully saturated rings. The van der Waals surface area contributed by atoms with E-state index in [0.717, 1.165) is 43.8 Å². The lowest BCUT2D eigenvalue weighted by Crippen LogP contribution is -2.28. The number of benzene rings is 1. The topological polar surface area (TPSA) is 24.5 Å². The quantitative estimate of drug-likeness (QED) is 0.853. The van der Waals surface area contributed by atoms with Gasteiger partial charge in [-0.05, 0) is 43.5 Å². The number of methoxy groups -OCH3 is 1. The average molecular weight is 262 g/mol. The summed E-state index contributed by atoms with van der Waals surface area (Å²) in [7, 11) is 1.72. The lowest BCUT2D eigenvalue weighted by molar-refractivity contribution is 0.415. The Bertz CT molecular complexity index is 392. The summed E-state index contributed by atoms with van der Waals surface area (Å²) in [4.78, 5) is 2.46. The summed E-state index contributed by atoms with van der Waals surface area (Å²) in [5, 5.41) is 3.57. The summed E-state index contributed by atoms with van der Waals surface area (Å²) in [6.45, 7) is 9.07. The molecule has 1 aromatic carbocycles. The van der Waals surface area contributed by atoms with Crippen molar-refractivity contribution in [3.05, 3.63) is 24.3 Å². The maximum atomic E-state index is 5.29. The molecule has 1 N–H and O–H groups in total. The van der Waals surface area contributed by atoms with Crippen LogP contribution in [0, 0.1) is 11.8 Å². The Hall–Kier alpha value is -1.22. The highest BCUT2D eigenvalue weighted by Gasteiger charge is 2.22. The molecule has 0 aromatic heterocycles. The van der Waals surface area contributed by atoms with Gasteiger partial charge in [0.1, 0.15) is 5.75 Å². The van der Waals surface area contributed by atoms with Crippen molar-refractivity contribution in [3.63, 3.8) is 0 Å². The minimum atomic E-state index is 0.732. The first kappa shape index (κ1) is 14.2. The Balaban J connectivity index is 1.83. The van der Waals surface area contributed by atoms with Crippen LogP contribution in [-0.4, -0.2) is 33.3 Å². The van der Waals surface area contributed by atoms with Gasteiger partial charge in [-0.25, -0.2) is 0 Å². The van der Waals surface area contributed by atoms with Crippen LogP contribution in [0.3, 0.4) is 0 Å². The first-order valence-corrected chi connectivity index (χ1v) is 7.28. The SMILES string of the molecule is COc1cccc(N2CCC(CNCC(C)C)C2)c1. The maximum Gasteiger partial charge on any atom is 0.120 e. The van der Waals surface area contributed by atoms with E-state index in [4.69, 9.17) is 4.74 Å². The molecule has 1 aromatic rings. The Morgan fingerprint density at radius 3 is 3.00 bits per heavy atom. The van der Waals surface area contributed by atoms with E-state index in [2.05, 4.69) is 42.3 Å². The van der Waals surface area contributed by atoms with Crippen molar-refractivity contribution >= 4 is 5.69 Å². The van der Waals surface area contributed by atoms with Crippen LogP contribution < -0.4 is 15.0 Å². The van der Waals surface area contributed by atoms with Gasteiger partial charge in [0, 0.05) is 24.8 Å². The van der Waals surface area contributed by atoms with E-state index in [-0.39, 0.29) is 0 Å². The molecular weight excluding hydrogens is 236 g/mol. The lowest BCUT2D eigenvalue weighted by Gasteiger charge is -2.19. The minimum Gasteiger partial charge on any atom is -0.497 e. The van der Waals surface area contributed by atoms with Crippen molar-refractivity contribution < 1.29 is 4.74 Å². The van der Waals surface area contributed by atoms with Crippen LogP contribution in [-0.2, 0) is 0 Å². The second-order valence-electron chi connectivity index (χ2n) is 5.85. The number of hydrogen-bond donors (Lipinski definition) is 1. The van der Waals surface area contributed by atoms with Crippen molar-refractivity contribution in [1.29, 1.82) is 0 Å². The monoisotopic (exact) mass is 262 g/mol. The molecule has 106 valence electrons. The van der Waals surface area contributed by atoms with Crippen LogP contribution in [0.4, 0.5) is 5.69 Å². The number of anilines is 1. The van der Waals surface area contributed by atoms with E-state index >= 15 is 0 Å². The summed E-state index contributed by atoms with van der Waals surface area (Å²) < 4.78 is 5.29. The van der Waals surface area contributed by atoms with Crippen LogP contribution in [0.2, 0.25) is 0 Å². The lowest BCUT2D eigenvalue weighted by atomic mass is 10.1. The Kier molecular flexibility index (Phi) is 5.08. The van der Waals surface area contributed by atoms with Crippen molar-refractivity contribution in [2.45, 2.75) is 20.3 Å². The number of nitrogens with one attached hydrogen (secondary N) is 1. The molecule has 19 heavy (non-hydrogen) atoms. The molecule has 1 aliphatic rings. The van der Waals surface area contributed by atoms with Crippen molar-refractivity contribution in [2.75, 3.05) is 38.2 Å². The molecular formula is C16H26N2O. The highest BCUT2D eigenvalue weighted by Crippen LogP contribution is 2.26. The first-order valence-electron chi connectivity index (χ1n) is 7.28. The van der Waals surface area contributed by atoms with E-state index in [1.165, 1.54) is 12.1 Å². The Morgan fingerprint density at radius 2 is 2.26 bits per heavy atom. The Morgan fingerprint density at radius 1 is 1.42 bits per heavy atom. The zero-order chi connectivity index (χ0) is 13.7. The normalized spacial score (nSPS) is 19.2. The summed E-state index contributed by atoms with van der Waals surface area (Å²) in [6, 6.07) is 8.37. The highest BCUT2D eigenvalue weighted by molar-refractivity contribution is 5.51. The predicted octanol–water partition coefficient (Wildman–Crippen LogP) is 2.77. The fraction of sp³-hybridized carbons (Fsp3) is 0.625. The van der Waals surface area contributed by atoms with Gasteiger partial charge >= 0.3 is 0 Å². The minimum absolute atomic E-state index is 0.732. The molecule has 0 bridgehead atoms. The van der Waals surface area contributed by atoms with E-state index in [1.54, 1.807) is 7.11 Å². The third-order valence-corrected chi connectivity index (χ3v) is 3.69.